The van der Waals surface area contributed by atoms with E-state index in [4.69, 9.17) is 22.1 Å². The fraction of sp³-hybridized carbons (Fsp3) is 0.457. The van der Waals surface area contributed by atoms with Crippen LogP contribution in [0.1, 0.15) is 41.8 Å². The number of thiazole rings is 1. The van der Waals surface area contributed by atoms with E-state index in [-0.39, 0.29) is 71.8 Å². The average molecular weight is 779 g/mol. The van der Waals surface area contributed by atoms with E-state index in [0.717, 1.165) is 18.6 Å². The second kappa shape index (κ2) is 13.0. The summed E-state index contributed by atoms with van der Waals surface area (Å²) in [6.45, 7) is 3.47. The molecule has 1 spiro atoms. The van der Waals surface area contributed by atoms with Crippen molar-refractivity contribution in [2.24, 2.45) is 5.41 Å². The first-order valence-corrected chi connectivity index (χ1v) is 18.3. The Bertz CT molecular complexity index is 2150. The van der Waals surface area contributed by atoms with Crippen molar-refractivity contribution in [3.63, 3.8) is 0 Å². The molecule has 4 fully saturated rings. The van der Waals surface area contributed by atoms with Crippen LogP contribution in [0.4, 0.5) is 38.0 Å². The Labute approximate surface area is 308 Å². The summed E-state index contributed by atoms with van der Waals surface area (Å²) in [5, 5.41) is 1.79. The number of nitrogen functional groups attached to an aromatic ring is 1. The number of hydrogen-bond donors (Lipinski definition) is 1. The zero-order valence-corrected chi connectivity index (χ0v) is 29.9. The number of amides is 1. The summed E-state index contributed by atoms with van der Waals surface area (Å²) in [5.41, 5.74) is 1.61. The van der Waals surface area contributed by atoms with Gasteiger partial charge in [0.15, 0.2) is 11.6 Å². The molecule has 3 aromatic heterocycles. The quantitative estimate of drug-likeness (QED) is 0.159. The molecular weight excluding hydrogens is 746 g/mol. The van der Waals surface area contributed by atoms with Crippen molar-refractivity contribution in [3.8, 4) is 17.3 Å². The van der Waals surface area contributed by atoms with Gasteiger partial charge in [-0.2, -0.15) is 23.1 Å². The molecule has 18 heteroatoms. The number of pyridine rings is 1. The number of rotatable bonds is 7. The molecule has 1 unspecified atom stereocenters. The number of anilines is 2. The summed E-state index contributed by atoms with van der Waals surface area (Å²) < 4.78 is 95.3. The first-order chi connectivity index (χ1) is 25.2. The molecule has 10 nitrogen and oxygen atoms in total. The van der Waals surface area contributed by atoms with Crippen LogP contribution in [0.15, 0.2) is 29.5 Å². The number of alkyl halides is 4. The highest BCUT2D eigenvalue weighted by Gasteiger charge is 2.51. The fourth-order valence-corrected chi connectivity index (χ4v) is 9.31. The topological polar surface area (TPSA) is 114 Å². The van der Waals surface area contributed by atoms with Crippen molar-refractivity contribution in [1.82, 2.24) is 29.7 Å². The van der Waals surface area contributed by atoms with Gasteiger partial charge in [0.1, 0.15) is 34.9 Å². The number of benzene rings is 1. The minimum Gasteiger partial charge on any atom is -0.461 e. The van der Waals surface area contributed by atoms with Gasteiger partial charge >= 0.3 is 12.2 Å². The zero-order chi connectivity index (χ0) is 37.4. The Morgan fingerprint density at radius 1 is 1.17 bits per heavy atom. The van der Waals surface area contributed by atoms with Crippen molar-refractivity contribution in [2.45, 2.75) is 50.5 Å². The Kier molecular flexibility index (Phi) is 8.76. The normalized spacial score (nSPS) is 22.9. The molecule has 4 saturated heterocycles. The minimum absolute atomic E-state index is 0.0235. The molecule has 0 bridgehead atoms. The molecule has 4 aliphatic rings. The van der Waals surface area contributed by atoms with E-state index in [1.807, 2.05) is 9.80 Å². The third-order valence-electron chi connectivity index (χ3n) is 10.8. The Morgan fingerprint density at radius 2 is 1.96 bits per heavy atom. The summed E-state index contributed by atoms with van der Waals surface area (Å²) in [7, 11) is 0. The monoisotopic (exact) mass is 778 g/mol. The molecule has 2 N–H and O–H groups in total. The molecular formula is C35H33ClF6N8O2S. The molecule has 53 heavy (non-hydrogen) atoms. The van der Waals surface area contributed by atoms with Gasteiger partial charge < -0.3 is 20.3 Å². The number of nitrogens with zero attached hydrogens (tertiary/aromatic N) is 7. The first kappa shape index (κ1) is 35.8. The summed E-state index contributed by atoms with van der Waals surface area (Å²) in [6, 6.07) is 2.11. The molecule has 8 rings (SSSR count). The minimum atomic E-state index is -4.92. The maximum Gasteiger partial charge on any atom is 0.418 e. The smallest absolute Gasteiger partial charge is 0.418 e. The van der Waals surface area contributed by atoms with Crippen LogP contribution >= 0.6 is 22.9 Å². The summed E-state index contributed by atoms with van der Waals surface area (Å²) in [6.07, 6.45) is -0.956. The van der Waals surface area contributed by atoms with E-state index in [2.05, 4.69) is 19.9 Å². The highest BCUT2D eigenvalue weighted by Crippen LogP contribution is 2.47. The van der Waals surface area contributed by atoms with Gasteiger partial charge in [-0.05, 0) is 50.4 Å². The lowest BCUT2D eigenvalue weighted by molar-refractivity contribution is -0.139. The number of halogens is 7. The molecule has 280 valence electrons. The van der Waals surface area contributed by atoms with Crippen molar-refractivity contribution < 1.29 is 35.9 Å². The lowest BCUT2D eigenvalue weighted by Crippen LogP contribution is -2.59. The van der Waals surface area contributed by atoms with E-state index < -0.39 is 57.7 Å². The van der Waals surface area contributed by atoms with Crippen LogP contribution in [0.25, 0.3) is 28.2 Å². The number of hydrogen-bond acceptors (Lipinski definition) is 10. The van der Waals surface area contributed by atoms with Crippen LogP contribution in [0.2, 0.25) is 5.02 Å². The lowest BCUT2D eigenvalue weighted by atomic mass is 9.79. The van der Waals surface area contributed by atoms with E-state index in [9.17, 15) is 26.7 Å². The molecule has 0 aliphatic carbocycles. The molecule has 2 atom stereocenters. The number of aryl methyl sites for hydroxylation is 1. The van der Waals surface area contributed by atoms with Gasteiger partial charge in [0.2, 0.25) is 0 Å². The highest BCUT2D eigenvalue weighted by molar-refractivity contribution is 7.10. The second-order valence-electron chi connectivity index (χ2n) is 14.4. The second-order valence-corrected chi connectivity index (χ2v) is 15.8. The number of fused-ring (bicyclic) bond motifs is 2. The molecule has 4 aromatic rings. The third kappa shape index (κ3) is 6.33. The van der Waals surface area contributed by atoms with E-state index in [1.165, 1.54) is 35.4 Å². The third-order valence-corrected chi connectivity index (χ3v) is 11.8. The van der Waals surface area contributed by atoms with Crippen LogP contribution in [-0.4, -0.2) is 93.2 Å². The number of nitrogens with two attached hydrogens (primary N) is 1. The van der Waals surface area contributed by atoms with Crippen molar-refractivity contribution >= 4 is 57.5 Å². The van der Waals surface area contributed by atoms with E-state index in [0.29, 0.717) is 37.5 Å². The first-order valence-electron chi connectivity index (χ1n) is 17.0. The van der Waals surface area contributed by atoms with Gasteiger partial charge in [0.05, 0.1) is 27.4 Å². The summed E-state index contributed by atoms with van der Waals surface area (Å²) in [4.78, 5) is 35.0. The van der Waals surface area contributed by atoms with E-state index in [1.54, 1.807) is 5.38 Å². The maximum atomic E-state index is 16.8. The molecule has 0 saturated carbocycles. The lowest BCUT2D eigenvalue weighted by Gasteiger charge is -2.47. The van der Waals surface area contributed by atoms with Gasteiger partial charge in [0.25, 0.3) is 5.91 Å². The largest absolute Gasteiger partial charge is 0.461 e. The van der Waals surface area contributed by atoms with Gasteiger partial charge in [-0.25, -0.2) is 23.1 Å². The van der Waals surface area contributed by atoms with Crippen LogP contribution in [-0.2, 0) is 11.0 Å². The van der Waals surface area contributed by atoms with Gasteiger partial charge in [0, 0.05) is 67.6 Å². The Morgan fingerprint density at radius 3 is 2.70 bits per heavy atom. The van der Waals surface area contributed by atoms with Crippen LogP contribution in [0, 0.1) is 18.2 Å². The zero-order valence-electron chi connectivity index (χ0n) is 28.3. The molecule has 1 aromatic carbocycles. The predicted molar refractivity (Wildman–Crippen MR) is 187 cm³/mol. The van der Waals surface area contributed by atoms with Crippen molar-refractivity contribution in [3.05, 3.63) is 56.5 Å². The van der Waals surface area contributed by atoms with Gasteiger partial charge in [-0.1, -0.05) is 11.6 Å². The van der Waals surface area contributed by atoms with Gasteiger partial charge in [-0.15, -0.1) is 11.3 Å². The standard InChI is InChI=1S/C35H33ClF6N8O2S/c1-18-9-23(43)45-29(26(18)35(40,41)42)25-21(36)10-20-28(27(25)39)46-32(52-17-34-3-2-6-50(34)13-19(37)12-34)47-30(20)48-7-4-33(14-48)15-49(16-33)31(51)22(38)11-24-44-5-8-53-24/h5,8-11,19H,2-4,6-7,12-17H2,1H3,(H2,43,45)/b22-11-/t19?,34-/m0/s1. The van der Waals surface area contributed by atoms with E-state index >= 15 is 4.39 Å². The van der Waals surface area contributed by atoms with Crippen molar-refractivity contribution in [2.75, 3.05) is 56.5 Å². The molecule has 1 amide bonds. The van der Waals surface area contributed by atoms with Gasteiger partial charge in [-0.3, -0.25) is 9.69 Å². The maximum absolute atomic E-state index is 16.8. The molecule has 4 aliphatic heterocycles. The Hall–Kier alpha value is -4.22. The summed E-state index contributed by atoms with van der Waals surface area (Å²) in [5.74, 6) is -2.89. The number of carbonyl (C=O) groups is 1. The van der Waals surface area contributed by atoms with Crippen molar-refractivity contribution in [1.29, 1.82) is 0 Å². The SMILES string of the molecule is Cc1cc(N)nc(-c2c(Cl)cc3c(N4CCC5(CN(C(=O)/C(F)=C/c6nccs6)C5)C4)nc(OC[C@@]45CCCN4CC(F)C5)nc3c2F)c1C(F)(F)F. The molecule has 7 heterocycles. The van der Waals surface area contributed by atoms with Crippen LogP contribution in [0.3, 0.4) is 0 Å². The fourth-order valence-electron chi connectivity index (χ4n) is 8.47. The highest BCUT2D eigenvalue weighted by atomic mass is 35.5. The Balaban J connectivity index is 1.16. The summed E-state index contributed by atoms with van der Waals surface area (Å²) >= 11 is 7.82. The number of carbonyl (C=O) groups excluding carboxylic acids is 1. The van der Waals surface area contributed by atoms with Crippen LogP contribution < -0.4 is 15.4 Å². The predicted octanol–water partition coefficient (Wildman–Crippen LogP) is 6.85. The average Bonchev–Trinajstić information content (AvgIpc) is 3.86. The number of ether oxygens (including phenoxy) is 1. The molecule has 0 radical (unpaired) electrons. The number of likely N-dealkylation sites (tertiary alicyclic amines) is 1. The number of aromatic nitrogens is 4. The van der Waals surface area contributed by atoms with Crippen LogP contribution in [0.5, 0.6) is 6.01 Å².